The van der Waals surface area contributed by atoms with E-state index in [1.54, 1.807) is 32.0 Å². The largest absolute Gasteiger partial charge is 0.479 e. The number of hydrogen-bond acceptors (Lipinski definition) is 5. The molecule has 0 saturated heterocycles. The van der Waals surface area contributed by atoms with Crippen molar-refractivity contribution in [3.05, 3.63) is 23.8 Å². The van der Waals surface area contributed by atoms with E-state index in [0.29, 0.717) is 29.8 Å². The van der Waals surface area contributed by atoms with Crippen molar-refractivity contribution in [1.82, 2.24) is 0 Å². The summed E-state index contributed by atoms with van der Waals surface area (Å²) in [4.78, 5) is 38.7. The molecule has 1 aromatic carbocycles. The fourth-order valence-corrected chi connectivity index (χ4v) is 2.92. The van der Waals surface area contributed by atoms with Crippen LogP contribution in [0.2, 0.25) is 0 Å². The Bertz CT molecular complexity index is 670. The summed E-state index contributed by atoms with van der Waals surface area (Å²) in [5.41, 5.74) is 0.959. The van der Waals surface area contributed by atoms with E-state index in [1.165, 1.54) is 4.90 Å². The minimum atomic E-state index is -0.742. The maximum Gasteiger partial charge on any atom is 0.329 e. The number of benzene rings is 1. The summed E-state index contributed by atoms with van der Waals surface area (Å²) in [6, 6.07) is 4.28. The summed E-state index contributed by atoms with van der Waals surface area (Å²) in [6.07, 6.45) is 0.878. The average molecular weight is 347 g/mol. The number of fused-ring (bicyclic) bond motifs is 1. The Morgan fingerprint density at radius 3 is 2.60 bits per heavy atom. The minimum absolute atomic E-state index is 0.000467. The lowest BCUT2D eigenvalue weighted by molar-refractivity contribution is -0.146. The Morgan fingerprint density at radius 2 is 2.00 bits per heavy atom. The molecule has 0 spiro atoms. The van der Waals surface area contributed by atoms with Gasteiger partial charge >= 0.3 is 5.97 Å². The maximum absolute atomic E-state index is 12.7. The highest BCUT2D eigenvalue weighted by atomic mass is 16.5. The zero-order valence-corrected chi connectivity index (χ0v) is 15.2. The minimum Gasteiger partial charge on any atom is -0.479 e. The first kappa shape index (κ1) is 19.0. The first-order valence-corrected chi connectivity index (χ1v) is 8.78. The zero-order chi connectivity index (χ0) is 18.6. The summed E-state index contributed by atoms with van der Waals surface area (Å²) >= 11 is 0. The Hall–Kier alpha value is -2.37. The summed E-state index contributed by atoms with van der Waals surface area (Å²) in [7, 11) is 0. The molecule has 1 aliphatic rings. The SMILES string of the molecule is CCCC(=O)c1ccc2c(c1)N(C(CC)C(=O)OCC)C(=O)C(C)O2. The van der Waals surface area contributed by atoms with E-state index in [0.717, 1.165) is 6.42 Å². The van der Waals surface area contributed by atoms with Crippen LogP contribution >= 0.6 is 0 Å². The van der Waals surface area contributed by atoms with Crippen molar-refractivity contribution in [2.75, 3.05) is 11.5 Å². The van der Waals surface area contributed by atoms with Crippen LogP contribution in [0.4, 0.5) is 5.69 Å². The van der Waals surface area contributed by atoms with Gasteiger partial charge in [0.25, 0.3) is 5.91 Å². The van der Waals surface area contributed by atoms with Gasteiger partial charge in [0.2, 0.25) is 0 Å². The van der Waals surface area contributed by atoms with Crippen molar-refractivity contribution in [2.24, 2.45) is 0 Å². The van der Waals surface area contributed by atoms with Crippen LogP contribution in [0.5, 0.6) is 5.75 Å². The molecular weight excluding hydrogens is 322 g/mol. The number of anilines is 1. The van der Waals surface area contributed by atoms with E-state index < -0.39 is 18.1 Å². The van der Waals surface area contributed by atoms with E-state index in [9.17, 15) is 14.4 Å². The molecule has 0 radical (unpaired) electrons. The van der Waals surface area contributed by atoms with Crippen LogP contribution in [-0.4, -0.2) is 36.4 Å². The summed E-state index contributed by atoms with van der Waals surface area (Å²) in [6.45, 7) is 7.37. The van der Waals surface area contributed by atoms with Gasteiger partial charge in [0.05, 0.1) is 12.3 Å². The van der Waals surface area contributed by atoms with Gasteiger partial charge in [-0.3, -0.25) is 14.5 Å². The molecule has 1 aliphatic heterocycles. The Kier molecular flexibility index (Phi) is 6.17. The number of carbonyl (C=O) groups is 3. The Morgan fingerprint density at radius 1 is 1.28 bits per heavy atom. The quantitative estimate of drug-likeness (QED) is 0.560. The number of ether oxygens (including phenoxy) is 2. The monoisotopic (exact) mass is 347 g/mol. The Labute approximate surface area is 148 Å². The number of ketones is 1. The third-order valence-electron chi connectivity index (χ3n) is 4.16. The standard InChI is InChI=1S/C19H25NO5/c1-5-8-16(21)13-9-10-17-15(11-13)20(18(22)12(4)25-17)14(6-2)19(23)24-7-3/h9-12,14H,5-8H2,1-4H3. The molecule has 2 rings (SSSR count). The van der Waals surface area contributed by atoms with Crippen molar-refractivity contribution in [3.63, 3.8) is 0 Å². The molecule has 0 N–H and O–H groups in total. The van der Waals surface area contributed by atoms with Crippen LogP contribution in [0.25, 0.3) is 0 Å². The molecule has 6 nitrogen and oxygen atoms in total. The highest BCUT2D eigenvalue weighted by molar-refractivity contribution is 6.06. The second kappa shape index (κ2) is 8.14. The molecule has 25 heavy (non-hydrogen) atoms. The molecule has 1 aromatic rings. The first-order valence-electron chi connectivity index (χ1n) is 8.78. The number of Topliss-reactive ketones (excluding diaryl/α,β-unsaturated/α-hetero) is 1. The molecule has 2 unspecified atom stereocenters. The molecule has 0 aliphatic carbocycles. The van der Waals surface area contributed by atoms with Crippen molar-refractivity contribution >= 4 is 23.3 Å². The topological polar surface area (TPSA) is 72.9 Å². The van der Waals surface area contributed by atoms with Gasteiger partial charge < -0.3 is 9.47 Å². The normalized spacial score (nSPS) is 17.5. The molecule has 1 amide bonds. The maximum atomic E-state index is 12.7. The summed E-state index contributed by atoms with van der Waals surface area (Å²) in [5.74, 6) is -0.278. The smallest absolute Gasteiger partial charge is 0.329 e. The second-order valence-electron chi connectivity index (χ2n) is 6.00. The predicted molar refractivity (Wildman–Crippen MR) is 94.0 cm³/mol. The molecule has 0 aromatic heterocycles. The third-order valence-corrected chi connectivity index (χ3v) is 4.16. The van der Waals surface area contributed by atoms with E-state index in [1.807, 2.05) is 13.8 Å². The van der Waals surface area contributed by atoms with Gasteiger partial charge in [-0.15, -0.1) is 0 Å². The Balaban J connectivity index is 2.49. The lowest BCUT2D eigenvalue weighted by Crippen LogP contribution is -2.53. The molecule has 0 fully saturated rings. The van der Waals surface area contributed by atoms with E-state index >= 15 is 0 Å². The summed E-state index contributed by atoms with van der Waals surface area (Å²) < 4.78 is 10.8. The molecule has 0 bridgehead atoms. The van der Waals surface area contributed by atoms with Crippen LogP contribution in [0.1, 0.15) is 57.3 Å². The van der Waals surface area contributed by atoms with Crippen LogP contribution < -0.4 is 9.64 Å². The lowest BCUT2D eigenvalue weighted by Gasteiger charge is -2.37. The number of nitrogens with zero attached hydrogens (tertiary/aromatic N) is 1. The van der Waals surface area contributed by atoms with Crippen molar-refractivity contribution < 1.29 is 23.9 Å². The molecule has 6 heteroatoms. The van der Waals surface area contributed by atoms with Gasteiger partial charge in [-0.1, -0.05) is 13.8 Å². The van der Waals surface area contributed by atoms with Gasteiger partial charge in [0, 0.05) is 12.0 Å². The van der Waals surface area contributed by atoms with Crippen molar-refractivity contribution in [3.8, 4) is 5.75 Å². The third kappa shape index (κ3) is 3.83. The van der Waals surface area contributed by atoms with Crippen molar-refractivity contribution in [2.45, 2.75) is 59.1 Å². The summed E-state index contributed by atoms with van der Waals surface area (Å²) in [5, 5.41) is 0. The molecule has 2 atom stereocenters. The molecular formula is C19H25NO5. The predicted octanol–water partition coefficient (Wildman–Crippen LogP) is 3.13. The van der Waals surface area contributed by atoms with Gasteiger partial charge in [-0.05, 0) is 44.9 Å². The molecule has 136 valence electrons. The number of carbonyl (C=O) groups excluding carboxylic acids is 3. The van der Waals surface area contributed by atoms with Gasteiger partial charge in [-0.25, -0.2) is 4.79 Å². The van der Waals surface area contributed by atoms with Crippen LogP contribution in [0.3, 0.4) is 0 Å². The van der Waals surface area contributed by atoms with E-state index in [-0.39, 0.29) is 18.3 Å². The van der Waals surface area contributed by atoms with Crippen molar-refractivity contribution in [1.29, 1.82) is 0 Å². The first-order chi connectivity index (χ1) is 11.9. The van der Waals surface area contributed by atoms with E-state index in [4.69, 9.17) is 9.47 Å². The highest BCUT2D eigenvalue weighted by Crippen LogP contribution is 2.37. The lowest BCUT2D eigenvalue weighted by atomic mass is 10.0. The number of amides is 1. The zero-order valence-electron chi connectivity index (χ0n) is 15.2. The number of rotatable bonds is 7. The second-order valence-corrected chi connectivity index (χ2v) is 6.00. The molecule has 1 heterocycles. The van der Waals surface area contributed by atoms with Gasteiger partial charge in [0.15, 0.2) is 11.9 Å². The van der Waals surface area contributed by atoms with Crippen LogP contribution in [0.15, 0.2) is 18.2 Å². The number of esters is 1. The van der Waals surface area contributed by atoms with Crippen LogP contribution in [0, 0.1) is 0 Å². The highest BCUT2D eigenvalue weighted by Gasteiger charge is 2.39. The van der Waals surface area contributed by atoms with Crippen LogP contribution in [-0.2, 0) is 14.3 Å². The fraction of sp³-hybridized carbons (Fsp3) is 0.526. The van der Waals surface area contributed by atoms with Gasteiger partial charge in [-0.2, -0.15) is 0 Å². The van der Waals surface area contributed by atoms with Gasteiger partial charge in [0.1, 0.15) is 11.8 Å². The van der Waals surface area contributed by atoms with E-state index in [2.05, 4.69) is 0 Å². The average Bonchev–Trinajstić information content (AvgIpc) is 2.59. The number of hydrogen-bond donors (Lipinski definition) is 0. The fourth-order valence-electron chi connectivity index (χ4n) is 2.92. The molecule has 0 saturated carbocycles.